The minimum atomic E-state index is 0.167. The number of carbonyl (C=O) groups excluding carboxylic acids is 2. The molecule has 0 aliphatic rings. The topological polar surface area (TPSA) is 50.9 Å². The average Bonchev–Trinajstić information content (AvgIpc) is 2.82. The van der Waals surface area contributed by atoms with Crippen LogP contribution >= 0.6 is 0 Å². The zero-order valence-corrected chi connectivity index (χ0v) is 23.5. The Hall–Kier alpha value is -2.36. The van der Waals surface area contributed by atoms with Crippen LogP contribution in [0, 0.1) is 0 Å². The van der Waals surface area contributed by atoms with Crippen molar-refractivity contribution < 1.29 is 14.2 Å². The van der Waals surface area contributed by atoms with Crippen molar-refractivity contribution in [2.24, 2.45) is 7.05 Å². The number of hydrogen-bond donors (Lipinski definition) is 0. The molecule has 0 saturated heterocycles. The number of hydrogen-bond acceptors (Lipinski definition) is 3. The number of aromatic nitrogens is 2. The van der Waals surface area contributed by atoms with E-state index in [4.69, 9.17) is 0 Å². The van der Waals surface area contributed by atoms with Crippen LogP contribution in [0.1, 0.15) is 96.9 Å². The number of Topliss-reactive ketones (excluding diaryl/α,β-unsaturated/α-hetero) is 2. The van der Waals surface area contributed by atoms with Crippen LogP contribution in [0.2, 0.25) is 0 Å². The van der Waals surface area contributed by atoms with Gasteiger partial charge in [0.05, 0.1) is 0 Å². The van der Waals surface area contributed by atoms with Crippen molar-refractivity contribution in [1.82, 2.24) is 4.98 Å². The molecular weight excluding hydrogens is 384 g/mol. The molecule has 2 aromatic heterocycles. The first-order valence-corrected chi connectivity index (χ1v) is 11.6. The summed E-state index contributed by atoms with van der Waals surface area (Å²) in [5.41, 5.74) is 0. The molecule has 4 heteroatoms. The number of carbonyl (C=O) groups is 2. The maximum absolute atomic E-state index is 9.44. The molecule has 2 rings (SSSR count). The van der Waals surface area contributed by atoms with Gasteiger partial charge in [0.15, 0.2) is 12.4 Å². The molecule has 0 amide bonds. The zero-order valence-electron chi connectivity index (χ0n) is 23.5. The van der Waals surface area contributed by atoms with Crippen molar-refractivity contribution in [2.45, 2.75) is 96.9 Å². The molecular formula is C27H55N2O2+. The Morgan fingerprint density at radius 2 is 0.742 bits per heavy atom. The third kappa shape index (κ3) is 134. The van der Waals surface area contributed by atoms with Gasteiger partial charge in [0.1, 0.15) is 18.6 Å². The molecule has 0 fully saturated rings. The average molecular weight is 440 g/mol. The lowest BCUT2D eigenvalue weighted by molar-refractivity contribution is -0.671. The fraction of sp³-hybridized carbons (Fsp3) is 0.556. The summed E-state index contributed by atoms with van der Waals surface area (Å²) in [7, 11) is 2.00. The smallest absolute Gasteiger partial charge is 0.168 e. The van der Waals surface area contributed by atoms with Crippen molar-refractivity contribution in [1.29, 1.82) is 0 Å². The second-order valence-corrected chi connectivity index (χ2v) is 4.38. The van der Waals surface area contributed by atoms with Crippen LogP contribution in [0.3, 0.4) is 0 Å². The van der Waals surface area contributed by atoms with E-state index in [1.807, 2.05) is 130 Å². The first-order valence-electron chi connectivity index (χ1n) is 11.6. The van der Waals surface area contributed by atoms with Crippen molar-refractivity contribution in [2.75, 3.05) is 0 Å². The van der Waals surface area contributed by atoms with Gasteiger partial charge in [0, 0.05) is 24.5 Å². The van der Waals surface area contributed by atoms with E-state index in [0.717, 1.165) is 0 Å². The normalized spacial score (nSPS) is 6.16. The molecule has 0 aromatic carbocycles. The summed E-state index contributed by atoms with van der Waals surface area (Å²) in [6.07, 6.45) is 7.50. The van der Waals surface area contributed by atoms with Gasteiger partial charge in [-0.3, -0.25) is 4.98 Å². The first-order chi connectivity index (χ1) is 14.9. The summed E-state index contributed by atoms with van der Waals surface area (Å²) in [6.45, 7) is 26.1. The van der Waals surface area contributed by atoms with E-state index in [2.05, 4.69) is 4.98 Å². The van der Waals surface area contributed by atoms with Crippen molar-refractivity contribution in [3.63, 3.8) is 0 Å². The Morgan fingerprint density at radius 3 is 0.839 bits per heavy atom. The number of aryl methyl sites for hydroxylation is 1. The van der Waals surface area contributed by atoms with Gasteiger partial charge in [-0.15, -0.1) is 0 Å². The van der Waals surface area contributed by atoms with E-state index < -0.39 is 0 Å². The largest absolute Gasteiger partial charge is 0.300 e. The number of pyridine rings is 2. The molecule has 0 aliphatic carbocycles. The Bertz CT molecular complexity index is 426. The maximum Gasteiger partial charge on any atom is 0.168 e. The molecule has 0 bridgehead atoms. The van der Waals surface area contributed by atoms with Crippen molar-refractivity contribution >= 4 is 11.6 Å². The second-order valence-electron chi connectivity index (χ2n) is 4.38. The second kappa shape index (κ2) is 63.0. The van der Waals surface area contributed by atoms with E-state index in [1.54, 1.807) is 12.4 Å². The van der Waals surface area contributed by atoms with Crippen molar-refractivity contribution in [3.05, 3.63) is 61.2 Å². The van der Waals surface area contributed by atoms with Gasteiger partial charge in [-0.05, 0) is 39.8 Å². The Kier molecular flexibility index (Phi) is 95.0. The standard InChI is InChI=1S/C6H8N.C5H5N.2C3H6O.5C2H6/c1-7-5-3-2-4-6-7;1-2-4-6-5-3-1;2*1-3(2)4;5*1-2/h2-6H,1H3;1-5H;2*1-2H3;5*1-2H3/q+1;;;;;;;;. The highest BCUT2D eigenvalue weighted by Gasteiger charge is 1.78. The van der Waals surface area contributed by atoms with Crippen LogP contribution in [0.4, 0.5) is 0 Å². The van der Waals surface area contributed by atoms with Gasteiger partial charge in [-0.25, -0.2) is 4.57 Å². The zero-order chi connectivity index (χ0) is 26.5. The molecule has 0 N–H and O–H groups in total. The predicted octanol–water partition coefficient (Wildman–Crippen LogP) is 7.91. The van der Waals surface area contributed by atoms with E-state index in [-0.39, 0.29) is 11.6 Å². The number of nitrogens with zero attached hydrogens (tertiary/aromatic N) is 2. The van der Waals surface area contributed by atoms with Gasteiger partial charge < -0.3 is 9.59 Å². The molecule has 2 heterocycles. The van der Waals surface area contributed by atoms with Crippen LogP contribution in [-0.2, 0) is 16.6 Å². The van der Waals surface area contributed by atoms with Gasteiger partial charge in [0.2, 0.25) is 0 Å². The minimum Gasteiger partial charge on any atom is -0.300 e. The van der Waals surface area contributed by atoms with E-state index in [9.17, 15) is 9.59 Å². The van der Waals surface area contributed by atoms with Crippen LogP contribution in [0.5, 0.6) is 0 Å². The Morgan fingerprint density at radius 1 is 0.516 bits per heavy atom. The fourth-order valence-corrected chi connectivity index (χ4v) is 0.797. The van der Waals surface area contributed by atoms with Crippen LogP contribution < -0.4 is 4.57 Å². The predicted molar refractivity (Wildman–Crippen MR) is 141 cm³/mol. The molecule has 0 atom stereocenters. The molecule has 0 saturated carbocycles. The number of ketones is 2. The van der Waals surface area contributed by atoms with Gasteiger partial charge in [-0.1, -0.05) is 81.4 Å². The van der Waals surface area contributed by atoms with Gasteiger partial charge in [-0.2, -0.15) is 0 Å². The Labute approximate surface area is 196 Å². The molecule has 0 radical (unpaired) electrons. The van der Waals surface area contributed by atoms with E-state index in [0.29, 0.717) is 0 Å². The molecule has 2 aromatic rings. The number of rotatable bonds is 0. The monoisotopic (exact) mass is 439 g/mol. The summed E-state index contributed by atoms with van der Waals surface area (Å²) in [5.74, 6) is 0.333. The fourth-order valence-electron chi connectivity index (χ4n) is 0.797. The SMILES string of the molecule is CC.CC.CC.CC.CC.CC(C)=O.CC(C)=O.C[n+]1ccccc1.c1ccncc1. The molecule has 0 spiro atoms. The maximum atomic E-state index is 9.44. The summed E-state index contributed by atoms with van der Waals surface area (Å²) >= 11 is 0. The van der Waals surface area contributed by atoms with Crippen LogP contribution in [-0.4, -0.2) is 16.6 Å². The highest BCUT2D eigenvalue weighted by molar-refractivity contribution is 5.72. The summed E-state index contributed by atoms with van der Waals surface area (Å²) in [5, 5.41) is 0. The molecule has 4 nitrogen and oxygen atoms in total. The van der Waals surface area contributed by atoms with Gasteiger partial charge in [0.25, 0.3) is 0 Å². The van der Waals surface area contributed by atoms with Crippen LogP contribution in [0.15, 0.2) is 61.2 Å². The summed E-state index contributed by atoms with van der Waals surface area (Å²) < 4.78 is 2.00. The van der Waals surface area contributed by atoms with E-state index in [1.165, 1.54) is 27.7 Å². The molecule has 0 unspecified atom stereocenters. The van der Waals surface area contributed by atoms with E-state index >= 15 is 0 Å². The summed E-state index contributed by atoms with van der Waals surface area (Å²) in [6, 6.07) is 11.7. The Balaban J connectivity index is -0.0000000445. The molecule has 184 valence electrons. The lowest BCUT2D eigenvalue weighted by atomic mass is 10.5. The van der Waals surface area contributed by atoms with Gasteiger partial charge >= 0.3 is 0 Å². The first kappa shape index (κ1) is 46.7. The lowest BCUT2D eigenvalue weighted by Gasteiger charge is -1.77. The molecule has 0 aliphatic heterocycles. The lowest BCUT2D eigenvalue weighted by Crippen LogP contribution is -2.25. The highest BCUT2D eigenvalue weighted by Crippen LogP contribution is 1.73. The molecule has 31 heavy (non-hydrogen) atoms. The van der Waals surface area contributed by atoms with Crippen molar-refractivity contribution in [3.8, 4) is 0 Å². The highest BCUT2D eigenvalue weighted by atomic mass is 16.1. The third-order valence-corrected chi connectivity index (χ3v) is 1.43. The third-order valence-electron chi connectivity index (χ3n) is 1.43. The quantitative estimate of drug-likeness (QED) is 0.392. The minimum absolute atomic E-state index is 0.167. The summed E-state index contributed by atoms with van der Waals surface area (Å²) in [4.78, 5) is 22.7. The van der Waals surface area contributed by atoms with Crippen LogP contribution in [0.25, 0.3) is 0 Å².